The second-order valence-electron chi connectivity index (χ2n) is 5.01. The lowest BCUT2D eigenvalue weighted by atomic mass is 9.88. The Morgan fingerprint density at radius 3 is 1.53 bits per heavy atom. The van der Waals surface area contributed by atoms with Crippen LogP contribution < -0.4 is 0 Å². The number of rotatable bonds is 1. The number of nitrogens with zero attached hydrogens (tertiary/aromatic N) is 1. The summed E-state index contributed by atoms with van der Waals surface area (Å²) in [6.45, 7) is 8.48. The van der Waals surface area contributed by atoms with Gasteiger partial charge in [-0.1, -0.05) is 0 Å². The van der Waals surface area contributed by atoms with Gasteiger partial charge in [-0.3, -0.25) is 0 Å². The molecule has 0 bridgehead atoms. The van der Waals surface area contributed by atoms with Crippen molar-refractivity contribution in [3.8, 4) is 17.2 Å². The molecule has 0 atom stereocenters. The molecular weight excluding hydrogens is 345 g/mol. The lowest BCUT2D eigenvalue weighted by Gasteiger charge is -2.16. The highest BCUT2D eigenvalue weighted by Crippen LogP contribution is 2.34. The lowest BCUT2D eigenvalue weighted by molar-refractivity contribution is 1.30. The van der Waals surface area contributed by atoms with Crippen LogP contribution in [-0.2, 0) is 0 Å². The van der Waals surface area contributed by atoms with Crippen molar-refractivity contribution < 1.29 is 0 Å². The number of nitriles is 1. The summed E-state index contributed by atoms with van der Waals surface area (Å²) < 4.78 is 1.26. The highest BCUT2D eigenvalue weighted by molar-refractivity contribution is 14.1. The SMILES string of the molecule is Cc1cc(I)cc(C)c1-c1c(C)cc(C#N)cc1C. The van der Waals surface area contributed by atoms with Crippen LogP contribution >= 0.6 is 22.6 Å². The van der Waals surface area contributed by atoms with Crippen molar-refractivity contribution in [3.63, 3.8) is 0 Å². The topological polar surface area (TPSA) is 23.8 Å². The molecule has 2 aromatic rings. The molecule has 2 aromatic carbocycles. The van der Waals surface area contributed by atoms with E-state index < -0.39 is 0 Å². The zero-order chi connectivity index (χ0) is 14.2. The van der Waals surface area contributed by atoms with Gasteiger partial charge in [0.25, 0.3) is 0 Å². The number of benzene rings is 2. The average molecular weight is 361 g/mol. The summed E-state index contributed by atoms with van der Waals surface area (Å²) in [5.74, 6) is 0. The van der Waals surface area contributed by atoms with Crippen molar-refractivity contribution in [1.29, 1.82) is 5.26 Å². The third-order valence-electron chi connectivity index (χ3n) is 3.41. The maximum Gasteiger partial charge on any atom is 0.0991 e. The Morgan fingerprint density at radius 2 is 1.16 bits per heavy atom. The predicted octanol–water partition coefficient (Wildman–Crippen LogP) is 5.06. The second kappa shape index (κ2) is 5.34. The fourth-order valence-electron chi connectivity index (χ4n) is 2.73. The van der Waals surface area contributed by atoms with Crippen molar-refractivity contribution in [2.45, 2.75) is 27.7 Å². The minimum absolute atomic E-state index is 0.736. The van der Waals surface area contributed by atoms with Crippen LogP contribution in [0.15, 0.2) is 24.3 Å². The molecule has 0 amide bonds. The van der Waals surface area contributed by atoms with E-state index in [1.165, 1.54) is 37.0 Å². The Morgan fingerprint density at radius 1 is 0.789 bits per heavy atom. The van der Waals surface area contributed by atoms with E-state index in [-0.39, 0.29) is 0 Å². The molecule has 0 spiro atoms. The van der Waals surface area contributed by atoms with Crippen LogP contribution in [0.1, 0.15) is 27.8 Å². The maximum atomic E-state index is 9.04. The molecule has 0 aliphatic carbocycles. The fraction of sp³-hybridized carbons (Fsp3) is 0.235. The second-order valence-corrected chi connectivity index (χ2v) is 6.26. The Labute approximate surface area is 128 Å². The first-order valence-electron chi connectivity index (χ1n) is 6.22. The Hall–Kier alpha value is -1.34. The molecule has 0 aliphatic rings. The summed E-state index contributed by atoms with van der Waals surface area (Å²) in [5.41, 5.74) is 8.23. The standard InChI is InChI=1S/C17H16IN/c1-10-5-14(9-19)6-11(2)16(10)17-12(3)7-15(18)8-13(17)4/h5-8H,1-4H3. The van der Waals surface area contributed by atoms with Gasteiger partial charge in [0.15, 0.2) is 0 Å². The Balaban J connectivity index is 2.77. The van der Waals surface area contributed by atoms with E-state index >= 15 is 0 Å². The third kappa shape index (κ3) is 2.66. The van der Waals surface area contributed by atoms with E-state index in [1.807, 2.05) is 12.1 Å². The molecule has 1 nitrogen and oxygen atoms in total. The van der Waals surface area contributed by atoms with Gasteiger partial charge in [0.05, 0.1) is 11.6 Å². The first-order chi connectivity index (χ1) is 8.93. The van der Waals surface area contributed by atoms with Gasteiger partial charge in [0, 0.05) is 3.57 Å². The summed E-state index contributed by atoms with van der Waals surface area (Å²) in [5, 5.41) is 9.04. The molecule has 0 N–H and O–H groups in total. The van der Waals surface area contributed by atoms with Crippen LogP contribution in [0, 0.1) is 42.6 Å². The molecule has 2 heteroatoms. The Kier molecular flexibility index (Phi) is 3.96. The smallest absolute Gasteiger partial charge is 0.0991 e. The molecule has 2 rings (SSSR count). The van der Waals surface area contributed by atoms with Crippen molar-refractivity contribution >= 4 is 22.6 Å². The van der Waals surface area contributed by atoms with Crippen molar-refractivity contribution in [1.82, 2.24) is 0 Å². The summed E-state index contributed by atoms with van der Waals surface area (Å²) in [7, 11) is 0. The van der Waals surface area contributed by atoms with Crippen LogP contribution in [0.3, 0.4) is 0 Å². The van der Waals surface area contributed by atoms with Gasteiger partial charge in [0.2, 0.25) is 0 Å². The summed E-state index contributed by atoms with van der Waals surface area (Å²) in [6, 6.07) is 10.6. The molecule has 96 valence electrons. The molecule has 0 aliphatic heterocycles. The minimum atomic E-state index is 0.736. The van der Waals surface area contributed by atoms with Crippen LogP contribution in [0.2, 0.25) is 0 Å². The van der Waals surface area contributed by atoms with Crippen LogP contribution in [0.4, 0.5) is 0 Å². The minimum Gasteiger partial charge on any atom is -0.192 e. The number of hydrogen-bond donors (Lipinski definition) is 0. The molecule has 0 saturated carbocycles. The number of hydrogen-bond acceptors (Lipinski definition) is 1. The molecule has 0 heterocycles. The predicted molar refractivity (Wildman–Crippen MR) is 88.3 cm³/mol. The largest absolute Gasteiger partial charge is 0.192 e. The molecular formula is C17H16IN. The van der Waals surface area contributed by atoms with Crippen molar-refractivity contribution in [3.05, 3.63) is 55.7 Å². The van der Waals surface area contributed by atoms with Gasteiger partial charge < -0.3 is 0 Å². The summed E-state index contributed by atoms with van der Waals surface area (Å²) >= 11 is 2.35. The molecule has 0 fully saturated rings. The normalized spacial score (nSPS) is 10.3. The first-order valence-corrected chi connectivity index (χ1v) is 7.30. The lowest BCUT2D eigenvalue weighted by Crippen LogP contribution is -1.96. The van der Waals surface area contributed by atoms with E-state index in [2.05, 4.69) is 68.5 Å². The summed E-state index contributed by atoms with van der Waals surface area (Å²) in [6.07, 6.45) is 0. The highest BCUT2D eigenvalue weighted by Gasteiger charge is 2.13. The number of halogens is 1. The van der Waals surface area contributed by atoms with Crippen LogP contribution in [-0.4, -0.2) is 0 Å². The molecule has 0 radical (unpaired) electrons. The Bertz CT molecular complexity index is 647. The number of aryl methyl sites for hydroxylation is 4. The van der Waals surface area contributed by atoms with Gasteiger partial charge in [0.1, 0.15) is 0 Å². The molecule has 0 aromatic heterocycles. The molecule has 0 unspecified atom stereocenters. The molecule has 0 saturated heterocycles. The monoisotopic (exact) mass is 361 g/mol. The van der Waals surface area contributed by atoms with Crippen LogP contribution in [0.5, 0.6) is 0 Å². The average Bonchev–Trinajstić information content (AvgIpc) is 2.31. The highest BCUT2D eigenvalue weighted by atomic mass is 127. The van der Waals surface area contributed by atoms with Gasteiger partial charge in [-0.15, -0.1) is 0 Å². The quantitative estimate of drug-likeness (QED) is 0.651. The van der Waals surface area contributed by atoms with E-state index in [0.717, 1.165) is 5.56 Å². The third-order valence-corrected chi connectivity index (χ3v) is 4.03. The molecule has 19 heavy (non-hydrogen) atoms. The van der Waals surface area contributed by atoms with E-state index in [0.29, 0.717) is 0 Å². The van der Waals surface area contributed by atoms with E-state index in [1.54, 1.807) is 0 Å². The maximum absolute atomic E-state index is 9.04. The van der Waals surface area contributed by atoms with Gasteiger partial charge in [-0.05, 0) is 108 Å². The van der Waals surface area contributed by atoms with E-state index in [4.69, 9.17) is 5.26 Å². The zero-order valence-electron chi connectivity index (χ0n) is 11.6. The van der Waals surface area contributed by atoms with Gasteiger partial charge in [-0.2, -0.15) is 5.26 Å². The first kappa shape index (κ1) is 14.1. The van der Waals surface area contributed by atoms with Gasteiger partial charge in [-0.25, -0.2) is 0 Å². The zero-order valence-corrected chi connectivity index (χ0v) is 13.8. The van der Waals surface area contributed by atoms with Crippen molar-refractivity contribution in [2.24, 2.45) is 0 Å². The summed E-state index contributed by atoms with van der Waals surface area (Å²) in [4.78, 5) is 0. The fourth-order valence-corrected chi connectivity index (χ4v) is 3.66. The van der Waals surface area contributed by atoms with Gasteiger partial charge >= 0.3 is 0 Å². The van der Waals surface area contributed by atoms with Crippen molar-refractivity contribution in [2.75, 3.05) is 0 Å². The van der Waals surface area contributed by atoms with E-state index in [9.17, 15) is 0 Å². The van der Waals surface area contributed by atoms with Crippen LogP contribution in [0.25, 0.3) is 11.1 Å².